The summed E-state index contributed by atoms with van der Waals surface area (Å²) in [6.45, 7) is 5.58. The van der Waals surface area contributed by atoms with Crippen molar-refractivity contribution in [3.05, 3.63) is 88.9 Å². The van der Waals surface area contributed by atoms with Crippen LogP contribution in [0.5, 0.6) is 5.75 Å². The maximum absolute atomic E-state index is 12.8. The van der Waals surface area contributed by atoms with Crippen molar-refractivity contribution in [1.29, 1.82) is 0 Å². The van der Waals surface area contributed by atoms with Gasteiger partial charge in [0.1, 0.15) is 24.8 Å². The van der Waals surface area contributed by atoms with E-state index >= 15 is 0 Å². The van der Waals surface area contributed by atoms with Crippen molar-refractivity contribution in [2.75, 3.05) is 26.7 Å². The minimum absolute atomic E-state index is 0.0471. The molecule has 0 spiro atoms. The van der Waals surface area contributed by atoms with E-state index in [0.29, 0.717) is 18.1 Å². The Morgan fingerprint density at radius 2 is 1.70 bits per heavy atom. The fraction of sp³-hybridized carbons (Fsp3) is 0.406. The second kappa shape index (κ2) is 16.7. The molecule has 0 radical (unpaired) electrons. The number of rotatable bonds is 16. The molecule has 0 aromatic heterocycles. The quantitative estimate of drug-likeness (QED) is 0.0813. The summed E-state index contributed by atoms with van der Waals surface area (Å²) >= 11 is 8.27. The zero-order valence-electron chi connectivity index (χ0n) is 25.5. The van der Waals surface area contributed by atoms with Crippen molar-refractivity contribution in [2.24, 2.45) is 0 Å². The molecule has 0 fully saturated rings. The second-order valence-electron chi connectivity index (χ2n) is 11.4. The Kier molecular flexibility index (Phi) is 13.6. The summed E-state index contributed by atoms with van der Waals surface area (Å²) in [5.74, 6) is 0.765. The van der Waals surface area contributed by atoms with Gasteiger partial charge >= 0.3 is 13.7 Å². The van der Waals surface area contributed by atoms with Gasteiger partial charge in [0.05, 0.1) is 18.3 Å². The zero-order valence-corrected chi connectivity index (χ0v) is 27.9. The van der Waals surface area contributed by atoms with Crippen LogP contribution < -0.4 is 10.1 Å². The third kappa shape index (κ3) is 13.2. The van der Waals surface area contributed by atoms with E-state index in [4.69, 9.17) is 30.5 Å². The van der Waals surface area contributed by atoms with Crippen LogP contribution in [0.4, 0.5) is 4.79 Å². The van der Waals surface area contributed by atoms with E-state index in [1.54, 1.807) is 32.5 Å². The first-order valence-electron chi connectivity index (χ1n) is 14.1. The zero-order chi connectivity index (χ0) is 32.2. The smallest absolute Gasteiger partial charge is 0.408 e. The molecule has 3 aromatic carbocycles. The van der Waals surface area contributed by atoms with Crippen molar-refractivity contribution in [3.63, 3.8) is 0 Å². The summed E-state index contributed by atoms with van der Waals surface area (Å²) < 4.78 is 33.8. The van der Waals surface area contributed by atoms with E-state index < -0.39 is 31.0 Å². The molecule has 0 saturated carbocycles. The monoisotopic (exact) mass is 665 g/mol. The molecule has 1 unspecified atom stereocenters. The van der Waals surface area contributed by atoms with E-state index in [9.17, 15) is 19.1 Å². The van der Waals surface area contributed by atoms with Crippen LogP contribution in [0.2, 0.25) is 5.02 Å². The van der Waals surface area contributed by atoms with Gasteiger partial charge in [0.2, 0.25) is 0 Å². The number of carbonyl (C=O) groups is 1. The van der Waals surface area contributed by atoms with Gasteiger partial charge in [-0.15, -0.1) is 0 Å². The number of amides is 1. The molecule has 0 aliphatic rings. The first-order chi connectivity index (χ1) is 20.8. The Labute approximate surface area is 268 Å². The van der Waals surface area contributed by atoms with Gasteiger partial charge in [-0.1, -0.05) is 65.8 Å². The fourth-order valence-corrected chi connectivity index (χ4v) is 6.27. The molecule has 0 aliphatic carbocycles. The minimum atomic E-state index is -4.37. The lowest BCUT2D eigenvalue weighted by Crippen LogP contribution is -2.54. The van der Waals surface area contributed by atoms with Crippen LogP contribution in [0.15, 0.2) is 82.6 Å². The van der Waals surface area contributed by atoms with Crippen LogP contribution in [-0.4, -0.2) is 53.7 Å². The molecular weight excluding hydrogens is 625 g/mol. The second-order valence-corrected chi connectivity index (χ2v) is 14.7. The highest BCUT2D eigenvalue weighted by atomic mass is 35.5. The van der Waals surface area contributed by atoms with Crippen LogP contribution in [-0.2, 0) is 31.8 Å². The number of ether oxygens (including phenoxy) is 4. The Bertz CT molecular complexity index is 1400. The molecule has 9 nitrogen and oxygen atoms in total. The third-order valence-corrected chi connectivity index (χ3v) is 8.55. The predicted molar refractivity (Wildman–Crippen MR) is 173 cm³/mol. The van der Waals surface area contributed by atoms with Crippen molar-refractivity contribution >= 4 is 37.1 Å². The maximum Gasteiger partial charge on any atom is 0.408 e. The number of alkyl carbamates (subject to hydrolysis) is 1. The number of aryl methyl sites for hydroxylation is 1. The van der Waals surface area contributed by atoms with E-state index in [1.165, 1.54) is 7.11 Å². The molecule has 1 atom stereocenters. The molecule has 0 heterocycles. The van der Waals surface area contributed by atoms with Gasteiger partial charge in [0.25, 0.3) is 0 Å². The number of hydrogen-bond donors (Lipinski definition) is 3. The highest BCUT2D eigenvalue weighted by molar-refractivity contribution is 7.99. The van der Waals surface area contributed by atoms with Gasteiger partial charge < -0.3 is 34.1 Å². The van der Waals surface area contributed by atoms with Gasteiger partial charge in [0.15, 0.2) is 0 Å². The number of carbonyl (C=O) groups excluding carboxylic acids is 1. The standard InChI is InChI=1S/C32H41ClNO8PS/c1-31(2,3)42-30(35)34-32(22-40-23-39-4,17-18-43(36,37)38)16-15-25-13-14-28(20-29(25)33)44-27-12-8-11-26(19-27)41-21-24-9-6-5-7-10-24/h5-14,19-20H,15-18,21-23H2,1-4H3,(H,34,35)(H2,36,37,38). The SMILES string of the molecule is COCOCC(CCc1ccc(Sc2cccc(OCc3ccccc3)c2)cc1Cl)(CCP(=O)(O)O)NC(=O)OC(C)(C)C. The van der Waals surface area contributed by atoms with Gasteiger partial charge in [-0.05, 0) is 81.5 Å². The average Bonchev–Trinajstić information content (AvgIpc) is 2.94. The topological polar surface area (TPSA) is 124 Å². The van der Waals surface area contributed by atoms with E-state index in [2.05, 4.69) is 5.32 Å². The summed E-state index contributed by atoms with van der Waals surface area (Å²) in [6, 6.07) is 23.6. The van der Waals surface area contributed by atoms with Crippen molar-refractivity contribution in [2.45, 2.75) is 67.6 Å². The molecule has 1 amide bonds. The van der Waals surface area contributed by atoms with Crippen molar-refractivity contribution in [3.8, 4) is 5.75 Å². The van der Waals surface area contributed by atoms with E-state index in [-0.39, 0.29) is 26.2 Å². The van der Waals surface area contributed by atoms with Crippen molar-refractivity contribution in [1.82, 2.24) is 5.32 Å². The van der Waals surface area contributed by atoms with Gasteiger partial charge in [-0.2, -0.15) is 0 Å². The highest BCUT2D eigenvalue weighted by Gasteiger charge is 2.36. The molecule has 44 heavy (non-hydrogen) atoms. The number of benzene rings is 3. The molecule has 0 bridgehead atoms. The lowest BCUT2D eigenvalue weighted by atomic mass is 9.89. The first-order valence-corrected chi connectivity index (χ1v) is 17.1. The molecule has 240 valence electrons. The van der Waals surface area contributed by atoms with E-state index in [1.807, 2.05) is 72.8 Å². The summed E-state index contributed by atoms with van der Waals surface area (Å²) in [5, 5.41) is 3.37. The van der Waals surface area contributed by atoms with Gasteiger partial charge in [-0.3, -0.25) is 4.57 Å². The van der Waals surface area contributed by atoms with Crippen molar-refractivity contribution < 1.29 is 38.1 Å². The molecule has 3 N–H and O–H groups in total. The molecule has 0 saturated heterocycles. The molecule has 3 aromatic rings. The van der Waals surface area contributed by atoms with E-state index in [0.717, 1.165) is 26.7 Å². The average molecular weight is 666 g/mol. The molecule has 0 aliphatic heterocycles. The summed E-state index contributed by atoms with van der Waals surface area (Å²) in [6.07, 6.45) is -0.523. The van der Waals surface area contributed by atoms with Crippen LogP contribution in [0, 0.1) is 0 Å². The Hall–Kier alpha value is -2.56. The summed E-state index contributed by atoms with van der Waals surface area (Å²) in [5.41, 5.74) is -0.0186. The van der Waals surface area contributed by atoms with Crippen LogP contribution in [0.3, 0.4) is 0 Å². The Balaban J connectivity index is 1.73. The molecule has 3 rings (SSSR count). The number of nitrogens with one attached hydrogen (secondary N) is 1. The minimum Gasteiger partial charge on any atom is -0.489 e. The lowest BCUT2D eigenvalue weighted by Gasteiger charge is -2.35. The Morgan fingerprint density at radius 3 is 2.36 bits per heavy atom. The van der Waals surface area contributed by atoms with Crippen LogP contribution >= 0.6 is 31.0 Å². The number of halogens is 1. The normalized spacial score (nSPS) is 13.2. The first kappa shape index (κ1) is 35.9. The fourth-order valence-electron chi connectivity index (χ4n) is 4.30. The largest absolute Gasteiger partial charge is 0.489 e. The van der Waals surface area contributed by atoms with Crippen LogP contribution in [0.1, 0.15) is 44.7 Å². The molecular formula is C32H41ClNO8PS. The maximum atomic E-state index is 12.8. The highest BCUT2D eigenvalue weighted by Crippen LogP contribution is 2.39. The predicted octanol–water partition coefficient (Wildman–Crippen LogP) is 7.45. The lowest BCUT2D eigenvalue weighted by molar-refractivity contribution is -0.0567. The van der Waals surface area contributed by atoms with Gasteiger partial charge in [-0.25, -0.2) is 4.79 Å². The van der Waals surface area contributed by atoms with Gasteiger partial charge in [0, 0.05) is 21.9 Å². The molecule has 12 heteroatoms. The summed E-state index contributed by atoms with van der Waals surface area (Å²) in [4.78, 5) is 34.0. The number of methoxy groups -OCH3 is 1. The number of hydrogen-bond acceptors (Lipinski definition) is 7. The van der Waals surface area contributed by atoms with Crippen LogP contribution in [0.25, 0.3) is 0 Å². The summed E-state index contributed by atoms with van der Waals surface area (Å²) in [7, 11) is -2.91. The third-order valence-electron chi connectivity index (χ3n) is 6.41. The Morgan fingerprint density at radius 1 is 0.977 bits per heavy atom.